The number of hydrogen-bond acceptors (Lipinski definition) is 6. The number of ether oxygens (including phenoxy) is 1. The lowest BCUT2D eigenvalue weighted by Gasteiger charge is -2.30. The molecule has 1 fully saturated rings. The first-order valence-electron chi connectivity index (χ1n) is 9.28. The molecule has 0 spiro atoms. The number of para-hydroxylation sites is 2. The largest absolute Gasteiger partial charge is 0.378 e. The molecule has 2 N–H and O–H groups in total. The molecule has 0 amide bonds. The molecule has 144 valence electrons. The number of benzene rings is 2. The van der Waals surface area contributed by atoms with E-state index >= 15 is 0 Å². The quantitative estimate of drug-likeness (QED) is 0.648. The molecule has 1 aliphatic heterocycles. The van der Waals surface area contributed by atoms with Crippen molar-refractivity contribution in [3.05, 3.63) is 71.5 Å². The van der Waals surface area contributed by atoms with Crippen LogP contribution in [0.3, 0.4) is 0 Å². The number of aromatic nitrogens is 2. The van der Waals surface area contributed by atoms with Gasteiger partial charge in [-0.1, -0.05) is 41.9 Å². The zero-order chi connectivity index (χ0) is 19.2. The van der Waals surface area contributed by atoms with Crippen molar-refractivity contribution in [1.29, 1.82) is 0 Å². The predicted molar refractivity (Wildman–Crippen MR) is 114 cm³/mol. The van der Waals surface area contributed by atoms with Gasteiger partial charge in [0.1, 0.15) is 18.0 Å². The van der Waals surface area contributed by atoms with Gasteiger partial charge in [-0.15, -0.1) is 0 Å². The van der Waals surface area contributed by atoms with Gasteiger partial charge in [0.25, 0.3) is 0 Å². The molecule has 6 nitrogen and oxygen atoms in total. The molecule has 2 heterocycles. The minimum atomic E-state index is 0.598. The average Bonchev–Trinajstić information content (AvgIpc) is 2.74. The van der Waals surface area contributed by atoms with Crippen molar-refractivity contribution in [2.75, 3.05) is 41.8 Å². The van der Waals surface area contributed by atoms with Crippen molar-refractivity contribution in [3.8, 4) is 0 Å². The summed E-state index contributed by atoms with van der Waals surface area (Å²) in [6, 6.07) is 17.9. The fourth-order valence-electron chi connectivity index (χ4n) is 3.15. The predicted octanol–water partition coefficient (Wildman–Crippen LogP) is 4.32. The van der Waals surface area contributed by atoms with E-state index in [1.165, 1.54) is 0 Å². The highest BCUT2D eigenvalue weighted by Crippen LogP contribution is 2.29. The van der Waals surface area contributed by atoms with Crippen LogP contribution in [0, 0.1) is 0 Å². The highest BCUT2D eigenvalue weighted by molar-refractivity contribution is 6.31. The Labute approximate surface area is 169 Å². The Balaban J connectivity index is 1.47. The molecule has 28 heavy (non-hydrogen) atoms. The number of halogens is 1. The third-order valence-corrected chi connectivity index (χ3v) is 4.97. The summed E-state index contributed by atoms with van der Waals surface area (Å²) < 4.78 is 5.47. The summed E-state index contributed by atoms with van der Waals surface area (Å²) in [6.07, 6.45) is 1.55. The lowest BCUT2D eigenvalue weighted by molar-refractivity contribution is 0.123. The highest BCUT2D eigenvalue weighted by Gasteiger charge is 2.14. The number of hydrogen-bond donors (Lipinski definition) is 2. The van der Waals surface area contributed by atoms with Gasteiger partial charge in [0, 0.05) is 30.7 Å². The van der Waals surface area contributed by atoms with Gasteiger partial charge in [0.05, 0.1) is 24.6 Å². The van der Waals surface area contributed by atoms with Crippen molar-refractivity contribution in [2.45, 2.75) is 6.54 Å². The molecule has 0 aliphatic carbocycles. The summed E-state index contributed by atoms with van der Waals surface area (Å²) in [4.78, 5) is 11.0. The molecule has 0 bridgehead atoms. The van der Waals surface area contributed by atoms with Crippen LogP contribution in [0.4, 0.5) is 23.0 Å². The Bertz CT molecular complexity index is 930. The summed E-state index contributed by atoms with van der Waals surface area (Å²) >= 11 is 6.22. The lowest BCUT2D eigenvalue weighted by atomic mass is 10.2. The SMILES string of the molecule is Clc1ccccc1CNc1cc(Nc2ccccc2N2CCOCC2)ncn1. The van der Waals surface area contributed by atoms with Gasteiger partial charge in [-0.3, -0.25) is 0 Å². The van der Waals surface area contributed by atoms with E-state index in [-0.39, 0.29) is 0 Å². The summed E-state index contributed by atoms with van der Waals surface area (Å²) in [7, 11) is 0. The van der Waals surface area contributed by atoms with Crippen molar-refractivity contribution in [3.63, 3.8) is 0 Å². The van der Waals surface area contributed by atoms with Crippen LogP contribution in [-0.2, 0) is 11.3 Å². The smallest absolute Gasteiger partial charge is 0.135 e. The molecule has 0 unspecified atom stereocenters. The van der Waals surface area contributed by atoms with Crippen molar-refractivity contribution in [1.82, 2.24) is 9.97 Å². The summed E-state index contributed by atoms with van der Waals surface area (Å²) in [5.74, 6) is 1.47. The standard InChI is InChI=1S/C21H22ClN5O/c22-17-6-2-1-5-16(17)14-23-20-13-21(25-15-24-20)26-18-7-3-4-8-19(18)27-9-11-28-12-10-27/h1-8,13,15H,9-12,14H2,(H2,23,24,25,26). The minimum Gasteiger partial charge on any atom is -0.378 e. The summed E-state index contributed by atoms with van der Waals surface area (Å²) in [6.45, 7) is 3.86. The van der Waals surface area contributed by atoms with Crippen molar-refractivity contribution >= 4 is 34.6 Å². The van der Waals surface area contributed by atoms with Crippen molar-refractivity contribution < 1.29 is 4.74 Å². The van der Waals surface area contributed by atoms with E-state index in [9.17, 15) is 0 Å². The molecule has 0 saturated carbocycles. The molecule has 3 aromatic rings. The zero-order valence-electron chi connectivity index (χ0n) is 15.4. The maximum atomic E-state index is 6.22. The van der Waals surface area contributed by atoms with E-state index < -0.39 is 0 Å². The number of anilines is 4. The van der Waals surface area contributed by atoms with Crippen LogP contribution in [0.2, 0.25) is 5.02 Å². The second-order valence-electron chi connectivity index (χ2n) is 6.48. The minimum absolute atomic E-state index is 0.598. The molecule has 7 heteroatoms. The molecule has 4 rings (SSSR count). The fraction of sp³-hybridized carbons (Fsp3) is 0.238. The molecule has 0 radical (unpaired) electrons. The van der Waals surface area contributed by atoms with E-state index in [1.54, 1.807) is 6.33 Å². The number of nitrogens with one attached hydrogen (secondary N) is 2. The molecule has 1 aromatic heterocycles. The van der Waals surface area contributed by atoms with Crippen LogP contribution in [0.1, 0.15) is 5.56 Å². The Morgan fingerprint density at radius 1 is 0.964 bits per heavy atom. The molecule has 1 saturated heterocycles. The average molecular weight is 396 g/mol. The van der Waals surface area contributed by atoms with Gasteiger partial charge in [-0.2, -0.15) is 0 Å². The molecule has 2 aromatic carbocycles. The van der Waals surface area contributed by atoms with Crippen LogP contribution in [0.15, 0.2) is 60.9 Å². The Morgan fingerprint density at radius 3 is 2.57 bits per heavy atom. The van der Waals surface area contributed by atoms with Gasteiger partial charge in [0.2, 0.25) is 0 Å². The lowest BCUT2D eigenvalue weighted by Crippen LogP contribution is -2.36. The number of rotatable bonds is 6. The maximum absolute atomic E-state index is 6.22. The van der Waals surface area contributed by atoms with Crippen molar-refractivity contribution in [2.24, 2.45) is 0 Å². The van der Waals surface area contributed by atoms with Gasteiger partial charge >= 0.3 is 0 Å². The third-order valence-electron chi connectivity index (χ3n) is 4.60. The second-order valence-corrected chi connectivity index (χ2v) is 6.88. The first kappa shape index (κ1) is 18.5. The van der Waals surface area contributed by atoms with Gasteiger partial charge in [-0.25, -0.2) is 9.97 Å². The zero-order valence-corrected chi connectivity index (χ0v) is 16.2. The summed E-state index contributed by atoms with van der Waals surface area (Å²) in [5.41, 5.74) is 3.19. The maximum Gasteiger partial charge on any atom is 0.135 e. The van der Waals surface area contributed by atoms with Gasteiger partial charge < -0.3 is 20.3 Å². The number of nitrogens with zero attached hydrogens (tertiary/aromatic N) is 3. The van der Waals surface area contributed by atoms with Gasteiger partial charge in [-0.05, 0) is 23.8 Å². The van der Waals surface area contributed by atoms with E-state index in [2.05, 4.69) is 37.6 Å². The van der Waals surface area contributed by atoms with Crippen LogP contribution in [-0.4, -0.2) is 36.3 Å². The third kappa shape index (κ3) is 4.52. The Hall–Kier alpha value is -2.83. The second kappa shape index (κ2) is 8.91. The Kier molecular flexibility index (Phi) is 5.89. The highest BCUT2D eigenvalue weighted by atomic mass is 35.5. The molecular formula is C21H22ClN5O. The van der Waals surface area contributed by atoms with Crippen LogP contribution >= 0.6 is 11.6 Å². The topological polar surface area (TPSA) is 62.3 Å². The Morgan fingerprint density at radius 2 is 1.71 bits per heavy atom. The van der Waals surface area contributed by atoms with Crippen LogP contribution in [0.25, 0.3) is 0 Å². The normalized spacial score (nSPS) is 14.0. The molecule has 1 aliphatic rings. The first-order chi connectivity index (χ1) is 13.8. The number of morpholine rings is 1. The monoisotopic (exact) mass is 395 g/mol. The van der Waals surface area contributed by atoms with Crippen LogP contribution in [0.5, 0.6) is 0 Å². The molecule has 0 atom stereocenters. The van der Waals surface area contributed by atoms with E-state index in [0.717, 1.165) is 59.9 Å². The van der Waals surface area contributed by atoms with Gasteiger partial charge in [0.15, 0.2) is 0 Å². The summed E-state index contributed by atoms with van der Waals surface area (Å²) in [5, 5.41) is 7.46. The van der Waals surface area contributed by atoms with Crippen LogP contribution < -0.4 is 15.5 Å². The van der Waals surface area contributed by atoms with E-state index in [1.807, 2.05) is 42.5 Å². The van der Waals surface area contributed by atoms with E-state index in [4.69, 9.17) is 16.3 Å². The van der Waals surface area contributed by atoms with E-state index in [0.29, 0.717) is 6.54 Å². The molecular weight excluding hydrogens is 374 g/mol. The first-order valence-corrected chi connectivity index (χ1v) is 9.65. The fourth-order valence-corrected chi connectivity index (χ4v) is 3.35.